The van der Waals surface area contributed by atoms with E-state index in [4.69, 9.17) is 5.11 Å². The first-order chi connectivity index (χ1) is 7.29. The zero-order chi connectivity index (χ0) is 10.7. The minimum Gasteiger partial charge on any atom is -0.478 e. The molecule has 2 nitrogen and oxygen atoms in total. The van der Waals surface area contributed by atoms with Gasteiger partial charge in [-0.15, -0.1) is 0 Å². The zero-order valence-electron chi connectivity index (χ0n) is 8.52. The molecule has 1 unspecified atom stereocenters. The Morgan fingerprint density at radius 1 is 1.33 bits per heavy atom. The summed E-state index contributed by atoms with van der Waals surface area (Å²) in [7, 11) is 0. The van der Waals surface area contributed by atoms with Crippen LogP contribution in [0.15, 0.2) is 36.4 Å². The normalized spacial score (nSPS) is 20.1. The van der Waals surface area contributed by atoms with Crippen molar-refractivity contribution in [2.75, 3.05) is 0 Å². The van der Waals surface area contributed by atoms with Gasteiger partial charge in [0.1, 0.15) is 0 Å². The molecular weight excluding hydrogens is 188 g/mol. The van der Waals surface area contributed by atoms with E-state index in [2.05, 4.69) is 12.2 Å². The van der Waals surface area contributed by atoms with Gasteiger partial charge < -0.3 is 5.11 Å². The van der Waals surface area contributed by atoms with E-state index in [9.17, 15) is 4.79 Å². The third-order valence-corrected chi connectivity index (χ3v) is 2.84. The molecule has 1 aliphatic carbocycles. The Balaban J connectivity index is 2.37. The average molecular weight is 202 g/mol. The minimum atomic E-state index is -0.829. The van der Waals surface area contributed by atoms with E-state index in [1.54, 1.807) is 12.1 Å². The fraction of sp³-hybridized carbons (Fsp3) is 0.308. The molecule has 2 heteroatoms. The van der Waals surface area contributed by atoms with Crippen LogP contribution in [0.2, 0.25) is 0 Å². The van der Waals surface area contributed by atoms with Crippen LogP contribution in [0.25, 0.3) is 0 Å². The maximum atomic E-state index is 11.0. The summed E-state index contributed by atoms with van der Waals surface area (Å²) in [6.45, 7) is 0. The van der Waals surface area contributed by atoms with Crippen molar-refractivity contribution < 1.29 is 9.90 Å². The van der Waals surface area contributed by atoms with Crippen molar-refractivity contribution in [3.8, 4) is 0 Å². The van der Waals surface area contributed by atoms with Crippen LogP contribution in [0.1, 0.15) is 41.1 Å². The lowest BCUT2D eigenvalue weighted by molar-refractivity contribution is 0.0695. The predicted octanol–water partition coefficient (Wildman–Crippen LogP) is 3.21. The van der Waals surface area contributed by atoms with Gasteiger partial charge in [0.2, 0.25) is 0 Å². The van der Waals surface area contributed by atoms with Crippen molar-refractivity contribution in [2.45, 2.75) is 25.2 Å². The molecule has 0 spiro atoms. The van der Waals surface area contributed by atoms with Crippen LogP contribution in [0, 0.1) is 0 Å². The molecule has 1 aliphatic rings. The van der Waals surface area contributed by atoms with Crippen LogP contribution >= 0.6 is 0 Å². The van der Waals surface area contributed by atoms with Crippen molar-refractivity contribution in [2.24, 2.45) is 0 Å². The van der Waals surface area contributed by atoms with Crippen molar-refractivity contribution in [1.29, 1.82) is 0 Å². The Morgan fingerprint density at radius 3 is 2.80 bits per heavy atom. The average Bonchev–Trinajstić information content (AvgIpc) is 2.30. The number of carboxylic acid groups (broad SMARTS) is 1. The van der Waals surface area contributed by atoms with Crippen LogP contribution in [-0.2, 0) is 0 Å². The van der Waals surface area contributed by atoms with Crippen molar-refractivity contribution in [1.82, 2.24) is 0 Å². The highest BCUT2D eigenvalue weighted by Gasteiger charge is 2.17. The molecule has 0 saturated carbocycles. The van der Waals surface area contributed by atoms with Crippen LogP contribution in [0.3, 0.4) is 0 Å². The highest BCUT2D eigenvalue weighted by atomic mass is 16.4. The first kappa shape index (κ1) is 9.97. The largest absolute Gasteiger partial charge is 0.478 e. The third kappa shape index (κ3) is 2.09. The summed E-state index contributed by atoms with van der Waals surface area (Å²) in [5.74, 6) is -0.546. The van der Waals surface area contributed by atoms with Crippen molar-refractivity contribution in [3.05, 3.63) is 47.5 Å². The van der Waals surface area contributed by atoms with E-state index in [0.717, 1.165) is 24.8 Å². The summed E-state index contributed by atoms with van der Waals surface area (Å²) >= 11 is 0. The van der Waals surface area contributed by atoms with E-state index in [-0.39, 0.29) is 5.92 Å². The van der Waals surface area contributed by atoms with E-state index < -0.39 is 5.97 Å². The Bertz CT molecular complexity index is 393. The van der Waals surface area contributed by atoms with Gasteiger partial charge in [0.15, 0.2) is 0 Å². The molecule has 0 fully saturated rings. The Labute approximate surface area is 89.2 Å². The molecule has 0 aromatic heterocycles. The second-order valence-corrected chi connectivity index (χ2v) is 3.86. The summed E-state index contributed by atoms with van der Waals surface area (Å²) in [5, 5.41) is 9.07. The number of carboxylic acids is 1. The summed E-state index contributed by atoms with van der Waals surface area (Å²) in [6.07, 6.45) is 7.60. The summed E-state index contributed by atoms with van der Waals surface area (Å²) in [6, 6.07) is 7.29. The molecule has 1 atom stereocenters. The van der Waals surface area contributed by atoms with Gasteiger partial charge in [-0.2, -0.15) is 0 Å². The van der Waals surface area contributed by atoms with Crippen molar-refractivity contribution >= 4 is 5.97 Å². The summed E-state index contributed by atoms with van der Waals surface area (Å²) < 4.78 is 0. The molecule has 0 heterocycles. The van der Waals surface area contributed by atoms with Gasteiger partial charge in [-0.05, 0) is 30.9 Å². The SMILES string of the molecule is O=C(O)c1ccccc1C1C=CCCC1. The van der Waals surface area contributed by atoms with Gasteiger partial charge in [-0.1, -0.05) is 30.4 Å². The molecule has 0 aliphatic heterocycles. The molecular formula is C13H14O2. The smallest absolute Gasteiger partial charge is 0.335 e. The van der Waals surface area contributed by atoms with Gasteiger partial charge in [0.25, 0.3) is 0 Å². The monoisotopic (exact) mass is 202 g/mol. The third-order valence-electron chi connectivity index (χ3n) is 2.84. The fourth-order valence-electron chi connectivity index (χ4n) is 2.09. The van der Waals surface area contributed by atoms with E-state index in [1.807, 2.05) is 12.1 Å². The van der Waals surface area contributed by atoms with Crippen molar-refractivity contribution in [3.63, 3.8) is 0 Å². The van der Waals surface area contributed by atoms with E-state index in [1.165, 1.54) is 0 Å². The van der Waals surface area contributed by atoms with Gasteiger partial charge in [0, 0.05) is 5.92 Å². The van der Waals surface area contributed by atoms with Gasteiger partial charge in [-0.25, -0.2) is 4.79 Å². The number of carbonyl (C=O) groups is 1. The minimum absolute atomic E-state index is 0.283. The van der Waals surface area contributed by atoms with E-state index in [0.29, 0.717) is 5.56 Å². The maximum absolute atomic E-state index is 11.0. The quantitative estimate of drug-likeness (QED) is 0.748. The molecule has 2 rings (SSSR count). The number of hydrogen-bond donors (Lipinski definition) is 1. The highest BCUT2D eigenvalue weighted by Crippen LogP contribution is 2.29. The Kier molecular flexibility index (Phi) is 2.86. The number of aromatic carboxylic acids is 1. The molecule has 78 valence electrons. The lowest BCUT2D eigenvalue weighted by atomic mass is 9.86. The Morgan fingerprint density at radius 2 is 2.13 bits per heavy atom. The number of rotatable bonds is 2. The summed E-state index contributed by atoms with van der Waals surface area (Å²) in [4.78, 5) is 11.0. The highest BCUT2D eigenvalue weighted by molar-refractivity contribution is 5.89. The van der Waals surface area contributed by atoms with Gasteiger partial charge in [0.05, 0.1) is 5.56 Å². The van der Waals surface area contributed by atoms with Gasteiger partial charge in [-0.3, -0.25) is 0 Å². The molecule has 0 amide bonds. The molecule has 15 heavy (non-hydrogen) atoms. The van der Waals surface area contributed by atoms with Crippen LogP contribution in [0.4, 0.5) is 0 Å². The molecule has 1 aromatic carbocycles. The second-order valence-electron chi connectivity index (χ2n) is 3.86. The van der Waals surface area contributed by atoms with Crippen LogP contribution in [-0.4, -0.2) is 11.1 Å². The topological polar surface area (TPSA) is 37.3 Å². The second kappa shape index (κ2) is 4.30. The molecule has 1 N–H and O–H groups in total. The van der Waals surface area contributed by atoms with Crippen LogP contribution < -0.4 is 0 Å². The van der Waals surface area contributed by atoms with Gasteiger partial charge >= 0.3 is 5.97 Å². The first-order valence-corrected chi connectivity index (χ1v) is 5.28. The number of benzene rings is 1. The first-order valence-electron chi connectivity index (χ1n) is 5.28. The lowest BCUT2D eigenvalue weighted by Gasteiger charge is -2.18. The molecule has 0 radical (unpaired) electrons. The van der Waals surface area contributed by atoms with E-state index >= 15 is 0 Å². The standard InChI is InChI=1S/C13H14O2/c14-13(15)12-9-5-4-8-11(12)10-6-2-1-3-7-10/h2,4-6,8-10H,1,3,7H2,(H,14,15). The molecule has 0 saturated heterocycles. The predicted molar refractivity (Wildman–Crippen MR) is 59.1 cm³/mol. The molecule has 0 bridgehead atoms. The Hall–Kier alpha value is -1.57. The van der Waals surface area contributed by atoms with Crippen LogP contribution in [0.5, 0.6) is 0 Å². The number of allylic oxidation sites excluding steroid dienone is 2. The summed E-state index contributed by atoms with van der Waals surface area (Å²) in [5.41, 5.74) is 1.38. The fourth-order valence-corrected chi connectivity index (χ4v) is 2.09. The number of hydrogen-bond acceptors (Lipinski definition) is 1. The zero-order valence-corrected chi connectivity index (χ0v) is 8.52. The molecule has 1 aromatic rings. The maximum Gasteiger partial charge on any atom is 0.335 e. The lowest BCUT2D eigenvalue weighted by Crippen LogP contribution is -2.07.